The van der Waals surface area contributed by atoms with Crippen LogP contribution in [0.5, 0.6) is 0 Å². The minimum atomic E-state index is -0.866. The summed E-state index contributed by atoms with van der Waals surface area (Å²) in [7, 11) is 1.64. The molecule has 0 aliphatic rings. The number of hydrogen-bond acceptors (Lipinski definition) is 5. The fourth-order valence-electron chi connectivity index (χ4n) is 3.34. The molecule has 2 amide bonds. The molecule has 1 atom stereocenters. The number of nitrogens with one attached hydrogen (secondary N) is 1. The van der Waals surface area contributed by atoms with Gasteiger partial charge in [-0.15, -0.1) is 0 Å². The number of anilines is 1. The molecule has 3 N–H and O–H groups in total. The number of carbonyl (C=O) groups is 3. The van der Waals surface area contributed by atoms with Crippen molar-refractivity contribution >= 4 is 46.5 Å². The Morgan fingerprint density at radius 1 is 0.971 bits per heavy atom. The van der Waals surface area contributed by atoms with Gasteiger partial charge in [-0.1, -0.05) is 65.7 Å². The van der Waals surface area contributed by atoms with E-state index in [1.807, 2.05) is 30.3 Å². The average molecular weight is 565 g/mol. The first-order chi connectivity index (χ1) is 15.8. The van der Waals surface area contributed by atoms with Crippen LogP contribution in [0.2, 0.25) is 10.0 Å². The average Bonchev–Trinajstić information content (AvgIpc) is 2.79. The first-order valence-electron chi connectivity index (χ1n) is 10.2. The number of nitrogens with zero attached hydrogens (tertiary/aromatic N) is 1. The minimum Gasteiger partial charge on any atom is -1.00 e. The van der Waals surface area contributed by atoms with Crippen LogP contribution in [0.4, 0.5) is 5.69 Å². The van der Waals surface area contributed by atoms with Crippen molar-refractivity contribution in [3.05, 3.63) is 99.5 Å². The fourth-order valence-corrected chi connectivity index (χ4v) is 3.74. The molecular formula is C25H24BrCl2N3O3. The maximum atomic E-state index is 13.1. The van der Waals surface area contributed by atoms with Crippen molar-refractivity contribution in [2.45, 2.75) is 12.5 Å². The van der Waals surface area contributed by atoms with Crippen molar-refractivity contribution in [1.82, 2.24) is 5.32 Å². The number of likely N-dealkylation sites (N-methyl/N-ethyl adjacent to an activating group) is 1. The van der Waals surface area contributed by atoms with E-state index in [1.54, 1.807) is 48.3 Å². The van der Waals surface area contributed by atoms with Gasteiger partial charge >= 0.3 is 1.43 Å². The highest BCUT2D eigenvalue weighted by Gasteiger charge is 2.22. The molecule has 9 heteroatoms. The maximum absolute atomic E-state index is 13.1. The van der Waals surface area contributed by atoms with Crippen LogP contribution < -0.4 is 32.9 Å². The predicted molar refractivity (Wildman–Crippen MR) is 132 cm³/mol. The van der Waals surface area contributed by atoms with E-state index in [2.05, 4.69) is 5.32 Å². The Hall–Kier alpha value is -2.71. The summed E-state index contributed by atoms with van der Waals surface area (Å²) in [5, 5.41) is 3.01. The highest BCUT2D eigenvalue weighted by atomic mass is 79.9. The third-order valence-corrected chi connectivity index (χ3v) is 5.58. The van der Waals surface area contributed by atoms with Gasteiger partial charge in [-0.05, 0) is 42.3 Å². The quantitative estimate of drug-likeness (QED) is 0.398. The Morgan fingerprint density at radius 2 is 1.62 bits per heavy atom. The van der Waals surface area contributed by atoms with Gasteiger partial charge in [0.25, 0.3) is 0 Å². The lowest BCUT2D eigenvalue weighted by Gasteiger charge is -2.22. The number of rotatable bonds is 8. The van der Waals surface area contributed by atoms with E-state index in [9.17, 15) is 14.4 Å². The van der Waals surface area contributed by atoms with Crippen LogP contribution in [0.25, 0.3) is 0 Å². The number of nitrogens with two attached hydrogens (primary N) is 1. The van der Waals surface area contributed by atoms with E-state index >= 15 is 0 Å². The second kappa shape index (κ2) is 12.7. The molecule has 0 bridgehead atoms. The van der Waals surface area contributed by atoms with E-state index in [1.165, 1.54) is 6.07 Å². The molecule has 0 unspecified atom stereocenters. The summed E-state index contributed by atoms with van der Waals surface area (Å²) in [4.78, 5) is 39.6. The number of imide groups is 1. The zero-order chi connectivity index (χ0) is 24.0. The number of benzene rings is 3. The summed E-state index contributed by atoms with van der Waals surface area (Å²) in [5.41, 5.74) is 7.93. The number of ketones is 1. The van der Waals surface area contributed by atoms with Crippen LogP contribution in [0, 0.1) is 0 Å². The van der Waals surface area contributed by atoms with Gasteiger partial charge in [-0.3, -0.25) is 19.7 Å². The summed E-state index contributed by atoms with van der Waals surface area (Å²) < 4.78 is 0. The zero-order valence-electron chi connectivity index (χ0n) is 19.3. The van der Waals surface area contributed by atoms with Crippen LogP contribution in [-0.4, -0.2) is 37.2 Å². The van der Waals surface area contributed by atoms with Gasteiger partial charge in [0, 0.05) is 28.9 Å². The van der Waals surface area contributed by atoms with Gasteiger partial charge in [0.2, 0.25) is 11.8 Å². The van der Waals surface area contributed by atoms with Crippen LogP contribution in [0.15, 0.2) is 72.8 Å². The number of carbonyl (C=O) groups excluding carboxylic acids is 3. The molecule has 0 spiro atoms. The Morgan fingerprint density at radius 3 is 2.29 bits per heavy atom. The molecule has 0 aliphatic heterocycles. The Bertz CT molecular complexity index is 1180. The summed E-state index contributed by atoms with van der Waals surface area (Å²) in [6.45, 7) is -0.172. The second-order valence-electron chi connectivity index (χ2n) is 7.54. The molecular weight excluding hydrogens is 541 g/mol. The van der Waals surface area contributed by atoms with E-state index in [0.29, 0.717) is 27.7 Å². The van der Waals surface area contributed by atoms with Crippen molar-refractivity contribution < 1.29 is 32.8 Å². The highest BCUT2D eigenvalue weighted by Crippen LogP contribution is 2.28. The molecule has 3 aromatic carbocycles. The Labute approximate surface area is 220 Å². The van der Waals surface area contributed by atoms with Gasteiger partial charge in [-0.2, -0.15) is 0 Å². The molecule has 0 aromatic heterocycles. The van der Waals surface area contributed by atoms with Crippen molar-refractivity contribution in [1.29, 1.82) is 0 Å². The van der Waals surface area contributed by atoms with Gasteiger partial charge in [0.05, 0.1) is 17.6 Å². The van der Waals surface area contributed by atoms with Crippen molar-refractivity contribution in [3.63, 3.8) is 0 Å². The van der Waals surface area contributed by atoms with Gasteiger partial charge in [0.15, 0.2) is 5.78 Å². The van der Waals surface area contributed by atoms with Crippen LogP contribution in [0.1, 0.15) is 22.9 Å². The molecule has 3 aromatic rings. The first kappa shape index (κ1) is 27.5. The summed E-state index contributed by atoms with van der Waals surface area (Å²) in [5.74, 6) is -1.44. The smallest absolute Gasteiger partial charge is 1.00 e. The van der Waals surface area contributed by atoms with Crippen LogP contribution in [-0.2, 0) is 16.0 Å². The van der Waals surface area contributed by atoms with E-state index in [-0.39, 0.29) is 36.3 Å². The SMILES string of the molecule is CN(CC(=O)NC(=O)[C@H](N)Cc1ccccc1)c1ccc(Cl)cc1C(=O)c1ccccc1Cl.[Br-].[H+]. The molecule has 0 fully saturated rings. The molecule has 6 nitrogen and oxygen atoms in total. The predicted octanol–water partition coefficient (Wildman–Crippen LogP) is 0.990. The Kier molecular flexibility index (Phi) is 10.3. The third-order valence-electron chi connectivity index (χ3n) is 5.01. The lowest BCUT2D eigenvalue weighted by atomic mass is 10.0. The maximum Gasteiger partial charge on any atom is 1.00 e. The van der Waals surface area contributed by atoms with Crippen molar-refractivity contribution in [2.75, 3.05) is 18.5 Å². The molecule has 0 aliphatic carbocycles. The second-order valence-corrected chi connectivity index (χ2v) is 8.38. The molecule has 0 saturated carbocycles. The summed E-state index contributed by atoms with van der Waals surface area (Å²) in [6, 6.07) is 19.9. The van der Waals surface area contributed by atoms with Gasteiger partial charge in [0.1, 0.15) is 0 Å². The number of amides is 2. The van der Waals surface area contributed by atoms with E-state index in [4.69, 9.17) is 28.9 Å². The molecule has 0 heterocycles. The molecule has 178 valence electrons. The highest BCUT2D eigenvalue weighted by molar-refractivity contribution is 6.35. The monoisotopic (exact) mass is 563 g/mol. The lowest BCUT2D eigenvalue weighted by Crippen LogP contribution is -3.00. The van der Waals surface area contributed by atoms with Crippen molar-refractivity contribution in [2.24, 2.45) is 5.73 Å². The normalized spacial score (nSPS) is 11.2. The molecule has 0 radical (unpaired) electrons. The number of hydrogen-bond donors (Lipinski definition) is 2. The van der Waals surface area contributed by atoms with Crippen LogP contribution in [0.3, 0.4) is 0 Å². The summed E-state index contributed by atoms with van der Waals surface area (Å²) >= 11 is 12.3. The summed E-state index contributed by atoms with van der Waals surface area (Å²) in [6.07, 6.45) is 0.309. The topological polar surface area (TPSA) is 92.5 Å². The fraction of sp³-hybridized carbons (Fsp3) is 0.160. The van der Waals surface area contributed by atoms with E-state index < -0.39 is 17.9 Å². The molecule has 0 saturated heterocycles. The van der Waals surface area contributed by atoms with Crippen LogP contribution >= 0.6 is 23.2 Å². The van der Waals surface area contributed by atoms with Gasteiger partial charge in [-0.25, -0.2) is 0 Å². The standard InChI is InChI=1S/C25H23Cl2N3O3.BrH/c1-30(15-23(31)29-25(33)21(28)13-16-7-3-2-4-8-16)22-12-11-17(26)14-19(22)24(32)18-9-5-6-10-20(18)27;/h2-12,14,21H,13,15,28H2,1H3,(H,29,31,33);1H/t21-;/m1./s1. The zero-order valence-corrected chi connectivity index (χ0v) is 21.4. The Balaban J connectivity index is 0.00000306. The minimum absolute atomic E-state index is 0. The first-order valence-corrected chi connectivity index (χ1v) is 10.9. The molecule has 34 heavy (non-hydrogen) atoms. The third kappa shape index (κ3) is 7.14. The van der Waals surface area contributed by atoms with Crippen molar-refractivity contribution in [3.8, 4) is 0 Å². The van der Waals surface area contributed by atoms with E-state index in [0.717, 1.165) is 5.56 Å². The lowest BCUT2D eigenvalue weighted by molar-refractivity contribution is -0.130. The van der Waals surface area contributed by atoms with Gasteiger partial charge < -0.3 is 27.6 Å². The molecule has 3 rings (SSSR count). The number of halogens is 3. The largest absolute Gasteiger partial charge is 1.00 e.